The van der Waals surface area contributed by atoms with Crippen molar-refractivity contribution in [2.45, 2.75) is 64.6 Å². The highest BCUT2D eigenvalue weighted by atomic mass is 16.3. The van der Waals surface area contributed by atoms with Crippen LogP contribution >= 0.6 is 0 Å². The molecule has 0 aromatic rings. The molecular weight excluding hydrogens is 248 g/mol. The Kier molecular flexibility index (Phi) is 8.73. The van der Waals surface area contributed by atoms with E-state index in [2.05, 4.69) is 23.7 Å². The molecule has 0 saturated heterocycles. The molecule has 0 heterocycles. The summed E-state index contributed by atoms with van der Waals surface area (Å²) in [6.07, 6.45) is 11.8. The molecule has 0 rings (SSSR count). The largest absolute Gasteiger partial charge is 0.378 e. The minimum absolute atomic E-state index is 0.917. The zero-order valence-corrected chi connectivity index (χ0v) is 13.0. The van der Waals surface area contributed by atoms with Crippen LogP contribution in [0.15, 0.2) is 24.3 Å². The highest BCUT2D eigenvalue weighted by Gasteiger charge is 2.05. The van der Waals surface area contributed by atoms with Crippen LogP contribution in [-0.2, 0) is 0 Å². The maximum Gasteiger partial charge on any atom is 0.120 e. The summed E-state index contributed by atoms with van der Waals surface area (Å²) in [6.45, 7) is 6.67. The van der Waals surface area contributed by atoms with E-state index in [4.69, 9.17) is 0 Å². The lowest BCUT2D eigenvalue weighted by atomic mass is 10.1. The van der Waals surface area contributed by atoms with E-state index < -0.39 is 11.2 Å². The number of rotatable bonds is 5. The summed E-state index contributed by atoms with van der Waals surface area (Å²) in [7, 11) is 0. The fourth-order valence-corrected chi connectivity index (χ4v) is 1.25. The fourth-order valence-electron chi connectivity index (χ4n) is 1.25. The third-order valence-electron chi connectivity index (χ3n) is 2.15. The minimum Gasteiger partial charge on any atom is -0.378 e. The molecule has 0 radical (unpaired) electrons. The first-order chi connectivity index (χ1) is 9.21. The molecule has 0 saturated carbocycles. The molecule has 0 aromatic carbocycles. The molecule has 0 atom stereocenters. The van der Waals surface area contributed by atoms with Crippen LogP contribution < -0.4 is 0 Å². The van der Waals surface area contributed by atoms with E-state index in [9.17, 15) is 10.2 Å². The molecule has 2 heteroatoms. The summed E-state index contributed by atoms with van der Waals surface area (Å²) in [4.78, 5) is 0. The van der Waals surface area contributed by atoms with Crippen molar-refractivity contribution in [2.75, 3.05) is 0 Å². The molecule has 0 amide bonds. The molecule has 0 aliphatic heterocycles. The second kappa shape index (κ2) is 9.43. The Morgan fingerprint density at radius 1 is 0.750 bits per heavy atom. The van der Waals surface area contributed by atoms with E-state index in [-0.39, 0.29) is 0 Å². The van der Waals surface area contributed by atoms with Gasteiger partial charge in [0.25, 0.3) is 0 Å². The van der Waals surface area contributed by atoms with Crippen LogP contribution in [0.3, 0.4) is 0 Å². The van der Waals surface area contributed by atoms with Crippen molar-refractivity contribution in [3.63, 3.8) is 0 Å². The lowest BCUT2D eigenvalue weighted by Crippen LogP contribution is -2.14. The van der Waals surface area contributed by atoms with Crippen molar-refractivity contribution in [1.29, 1.82) is 0 Å². The average Bonchev–Trinajstić information content (AvgIpc) is 2.27. The lowest BCUT2D eigenvalue weighted by Gasteiger charge is -2.05. The SMILES string of the molecule is CC(C)(O)C#C/C=C\CCCC/C=C\C#CC(C)(C)O. The lowest BCUT2D eigenvalue weighted by molar-refractivity contribution is 0.143. The van der Waals surface area contributed by atoms with Crippen LogP contribution in [0.25, 0.3) is 0 Å². The zero-order valence-electron chi connectivity index (χ0n) is 13.0. The molecule has 110 valence electrons. The summed E-state index contributed by atoms with van der Waals surface area (Å²) in [5.41, 5.74) is -1.83. The standard InChI is InChI=1S/C18H26O2/c1-17(2,19)15-13-11-9-7-5-6-8-10-12-14-16-18(3,4)20/h9-12,19-20H,5-8H2,1-4H3/b11-9-,12-10-. The molecule has 0 aromatic heterocycles. The summed E-state index contributed by atoms with van der Waals surface area (Å²) < 4.78 is 0. The Bertz CT molecular complexity index is 390. The molecule has 0 fully saturated rings. The Balaban J connectivity index is 3.67. The Morgan fingerprint density at radius 2 is 1.10 bits per heavy atom. The molecule has 0 unspecified atom stereocenters. The van der Waals surface area contributed by atoms with Crippen molar-refractivity contribution in [3.05, 3.63) is 24.3 Å². The number of aliphatic hydroxyl groups is 2. The van der Waals surface area contributed by atoms with E-state index in [0.29, 0.717) is 0 Å². The van der Waals surface area contributed by atoms with Gasteiger partial charge >= 0.3 is 0 Å². The summed E-state index contributed by atoms with van der Waals surface area (Å²) in [5.74, 6) is 11.1. The van der Waals surface area contributed by atoms with Crippen molar-refractivity contribution < 1.29 is 10.2 Å². The third-order valence-corrected chi connectivity index (χ3v) is 2.15. The van der Waals surface area contributed by atoms with Crippen LogP contribution in [0.2, 0.25) is 0 Å². The maximum atomic E-state index is 9.37. The van der Waals surface area contributed by atoms with Crippen molar-refractivity contribution in [1.82, 2.24) is 0 Å². The van der Waals surface area contributed by atoms with Crippen molar-refractivity contribution in [3.8, 4) is 23.7 Å². The normalized spacial score (nSPS) is 12.1. The van der Waals surface area contributed by atoms with Gasteiger partial charge in [-0.1, -0.05) is 35.8 Å². The average molecular weight is 274 g/mol. The Morgan fingerprint density at radius 3 is 1.40 bits per heavy atom. The van der Waals surface area contributed by atoms with Gasteiger partial charge in [-0.2, -0.15) is 0 Å². The molecule has 0 aliphatic rings. The topological polar surface area (TPSA) is 40.5 Å². The van der Waals surface area contributed by atoms with Gasteiger partial charge in [0.05, 0.1) is 0 Å². The van der Waals surface area contributed by atoms with Gasteiger partial charge in [-0.25, -0.2) is 0 Å². The quantitative estimate of drug-likeness (QED) is 0.597. The fraction of sp³-hybridized carbons (Fsp3) is 0.556. The first kappa shape index (κ1) is 18.5. The maximum absolute atomic E-state index is 9.37. The van der Waals surface area contributed by atoms with Crippen molar-refractivity contribution >= 4 is 0 Å². The summed E-state index contributed by atoms with van der Waals surface area (Å²) >= 11 is 0. The first-order valence-electron chi connectivity index (χ1n) is 7.01. The second-order valence-electron chi connectivity index (χ2n) is 5.75. The van der Waals surface area contributed by atoms with Gasteiger partial charge < -0.3 is 10.2 Å². The molecule has 20 heavy (non-hydrogen) atoms. The van der Waals surface area contributed by atoms with Crippen LogP contribution in [0.5, 0.6) is 0 Å². The highest BCUT2D eigenvalue weighted by molar-refractivity contribution is 5.21. The van der Waals surface area contributed by atoms with E-state index in [0.717, 1.165) is 25.7 Å². The highest BCUT2D eigenvalue weighted by Crippen LogP contribution is 2.02. The Hall–Kier alpha value is -1.48. The zero-order chi connectivity index (χ0) is 15.5. The van der Waals surface area contributed by atoms with Crippen LogP contribution in [-0.4, -0.2) is 21.4 Å². The van der Waals surface area contributed by atoms with Gasteiger partial charge in [0.15, 0.2) is 0 Å². The molecule has 0 aliphatic carbocycles. The summed E-state index contributed by atoms with van der Waals surface area (Å²) in [5, 5.41) is 18.7. The number of allylic oxidation sites excluding steroid dienone is 4. The van der Waals surface area contributed by atoms with Gasteiger partial charge in [-0.15, -0.1) is 0 Å². The number of hydrogen-bond acceptors (Lipinski definition) is 2. The number of unbranched alkanes of at least 4 members (excludes halogenated alkanes) is 3. The van der Waals surface area contributed by atoms with Crippen LogP contribution in [0.4, 0.5) is 0 Å². The predicted octanol–water partition coefficient (Wildman–Crippen LogP) is 3.21. The molecule has 2 N–H and O–H groups in total. The molecule has 0 spiro atoms. The monoisotopic (exact) mass is 274 g/mol. The Labute approximate surface area is 123 Å². The van der Waals surface area contributed by atoms with Gasteiger partial charge in [0.1, 0.15) is 11.2 Å². The van der Waals surface area contributed by atoms with Gasteiger partial charge in [0.2, 0.25) is 0 Å². The predicted molar refractivity (Wildman–Crippen MR) is 84.9 cm³/mol. The minimum atomic E-state index is -0.917. The van der Waals surface area contributed by atoms with E-state index >= 15 is 0 Å². The first-order valence-corrected chi connectivity index (χ1v) is 7.01. The third kappa shape index (κ3) is 16.5. The smallest absolute Gasteiger partial charge is 0.120 e. The second-order valence-corrected chi connectivity index (χ2v) is 5.75. The van der Waals surface area contributed by atoms with Crippen LogP contribution in [0.1, 0.15) is 53.4 Å². The molecular formula is C18H26O2. The molecule has 2 nitrogen and oxygen atoms in total. The van der Waals surface area contributed by atoms with E-state index in [1.54, 1.807) is 39.8 Å². The molecule has 0 bridgehead atoms. The number of hydrogen-bond donors (Lipinski definition) is 2. The van der Waals surface area contributed by atoms with Gasteiger partial charge in [-0.3, -0.25) is 0 Å². The summed E-state index contributed by atoms with van der Waals surface area (Å²) in [6, 6.07) is 0. The van der Waals surface area contributed by atoms with Gasteiger partial charge in [0, 0.05) is 0 Å². The van der Waals surface area contributed by atoms with E-state index in [1.807, 2.05) is 12.2 Å². The van der Waals surface area contributed by atoms with Crippen molar-refractivity contribution in [2.24, 2.45) is 0 Å². The van der Waals surface area contributed by atoms with Crippen LogP contribution in [0, 0.1) is 23.7 Å². The van der Waals surface area contributed by atoms with Gasteiger partial charge in [-0.05, 0) is 65.5 Å². The van der Waals surface area contributed by atoms with E-state index in [1.165, 1.54) is 0 Å².